The number of carbonyl (C=O) groups excluding carboxylic acids is 2. The molecule has 2 saturated heterocycles. The Morgan fingerprint density at radius 3 is 1.53 bits per heavy atom. The minimum atomic E-state index is -0.742. The molecule has 2 fully saturated rings. The molecule has 2 amide bonds. The minimum absolute atomic E-state index is 0.0562. The Morgan fingerprint density at radius 2 is 1.10 bits per heavy atom. The molecule has 2 aliphatic heterocycles. The third-order valence-corrected chi connectivity index (χ3v) is 6.68. The normalized spacial score (nSPS) is 14.6. The fourth-order valence-electron chi connectivity index (χ4n) is 4.23. The topological polar surface area (TPSA) is 166 Å². The van der Waals surface area contributed by atoms with Gasteiger partial charge in [0.2, 0.25) is 0 Å². The summed E-state index contributed by atoms with van der Waals surface area (Å²) in [7, 11) is 0. The first-order chi connectivity index (χ1) is 23.9. The molecule has 5 heterocycles. The number of nitrogen functional groups attached to an aromatic ring is 1. The van der Waals surface area contributed by atoms with Gasteiger partial charge in [-0.15, -0.1) is 0 Å². The number of nitrogens with zero attached hydrogens (tertiary/aromatic N) is 5. The summed E-state index contributed by atoms with van der Waals surface area (Å²) in [5.41, 5.74) is 4.31. The number of carbonyl (C=O) groups is 2. The van der Waals surface area contributed by atoms with Gasteiger partial charge in [-0.1, -0.05) is 11.6 Å². The molecule has 0 bridgehead atoms. The summed E-state index contributed by atoms with van der Waals surface area (Å²) in [4.78, 5) is 38.6. The number of nitrogens with one attached hydrogen (secondary N) is 2. The highest BCUT2D eigenvalue weighted by atomic mass is 35.5. The van der Waals surface area contributed by atoms with Crippen molar-refractivity contribution in [2.75, 3.05) is 78.8 Å². The van der Waals surface area contributed by atoms with Gasteiger partial charge < -0.3 is 34.5 Å². The molecule has 5 rings (SSSR count). The van der Waals surface area contributed by atoms with Gasteiger partial charge in [0, 0.05) is 44.4 Å². The van der Waals surface area contributed by atoms with Crippen LogP contribution in [0.3, 0.4) is 0 Å². The summed E-state index contributed by atoms with van der Waals surface area (Å²) in [5.74, 6) is -0.423. The lowest BCUT2D eigenvalue weighted by Crippen LogP contribution is -2.36. The van der Waals surface area contributed by atoms with Crippen LogP contribution in [0.5, 0.6) is 0 Å². The van der Waals surface area contributed by atoms with Crippen molar-refractivity contribution in [2.45, 2.75) is 52.7 Å². The van der Waals surface area contributed by atoms with Crippen LogP contribution in [0.2, 0.25) is 5.15 Å². The Bertz CT molecular complexity index is 1610. The molecule has 3 aromatic heterocycles. The van der Waals surface area contributed by atoms with Crippen molar-refractivity contribution in [3.63, 3.8) is 0 Å². The Morgan fingerprint density at radius 1 is 0.706 bits per heavy atom. The zero-order valence-electron chi connectivity index (χ0n) is 29.4. The van der Waals surface area contributed by atoms with E-state index in [1.54, 1.807) is 47.6 Å². The first-order valence-electron chi connectivity index (χ1n) is 15.9. The number of rotatable bonds is 4. The van der Waals surface area contributed by atoms with E-state index in [1.165, 1.54) is 12.1 Å². The molecule has 18 heteroatoms. The highest BCUT2D eigenvalue weighted by Gasteiger charge is 2.20. The molecule has 0 saturated carbocycles. The van der Waals surface area contributed by atoms with E-state index in [-0.39, 0.29) is 22.2 Å². The highest BCUT2D eigenvalue weighted by molar-refractivity contribution is 6.29. The molecule has 14 nitrogen and oxygen atoms in total. The third-order valence-electron chi connectivity index (χ3n) is 6.47. The maximum Gasteiger partial charge on any atom is 0.412 e. The smallest absolute Gasteiger partial charge is 0.412 e. The second kappa shape index (κ2) is 18.6. The van der Waals surface area contributed by atoms with Crippen molar-refractivity contribution in [3.05, 3.63) is 59.4 Å². The van der Waals surface area contributed by atoms with E-state index in [9.17, 15) is 22.8 Å². The number of pyridine rings is 3. The molecule has 280 valence electrons. The number of nitrogens with two attached hydrogens (primary N) is 1. The van der Waals surface area contributed by atoms with Crippen LogP contribution >= 0.6 is 11.6 Å². The van der Waals surface area contributed by atoms with Crippen molar-refractivity contribution in [1.82, 2.24) is 15.0 Å². The van der Waals surface area contributed by atoms with Gasteiger partial charge in [-0.05, 0) is 41.5 Å². The predicted molar refractivity (Wildman–Crippen MR) is 188 cm³/mol. The van der Waals surface area contributed by atoms with E-state index in [1.807, 2.05) is 9.80 Å². The number of aromatic nitrogens is 3. The molecule has 0 aromatic carbocycles. The molecule has 0 radical (unpaired) electrons. The number of hydrogen-bond donors (Lipinski definition) is 3. The Hall–Kier alpha value is -4.61. The van der Waals surface area contributed by atoms with E-state index in [0.29, 0.717) is 51.2 Å². The molecule has 0 atom stereocenters. The number of amides is 2. The zero-order valence-corrected chi connectivity index (χ0v) is 30.2. The summed E-state index contributed by atoms with van der Waals surface area (Å²) in [6, 6.07) is 4.27. The standard InChI is InChI=1S/C14H20FN3O3.C10H12ClFN2O2.C9H12FN3O/c1-14(2,3)21-13(19)17-11-8-12(16-9-10(11)15)18-4-6-20-7-5-18;1-10(2,3)16-9(15)14-7-4-8(11)13-5-6(7)12;10-7-6-12-9(5-8(7)11)13-1-3-14-4-2-13/h8-9H,4-7H2,1-3H3,(H,16,17,19);4-5H,1-3H3,(H,13,14,15);5-6H,1-4H2,(H2,11,12). The van der Waals surface area contributed by atoms with Gasteiger partial charge >= 0.3 is 12.2 Å². The van der Waals surface area contributed by atoms with Gasteiger partial charge in [0.15, 0.2) is 17.5 Å². The average Bonchev–Trinajstić information content (AvgIpc) is 3.05. The second-order valence-electron chi connectivity index (χ2n) is 13.0. The van der Waals surface area contributed by atoms with E-state index in [2.05, 4.69) is 25.6 Å². The monoisotopic (exact) mass is 740 g/mol. The lowest BCUT2D eigenvalue weighted by Gasteiger charge is -2.28. The first kappa shape index (κ1) is 40.8. The zero-order chi connectivity index (χ0) is 37.8. The van der Waals surface area contributed by atoms with E-state index >= 15 is 0 Å². The summed E-state index contributed by atoms with van der Waals surface area (Å²) in [6.07, 6.45) is 1.74. The van der Waals surface area contributed by atoms with Crippen LogP contribution in [-0.4, -0.2) is 90.9 Å². The van der Waals surface area contributed by atoms with Crippen LogP contribution < -0.4 is 26.2 Å². The summed E-state index contributed by atoms with van der Waals surface area (Å²) in [6.45, 7) is 15.9. The van der Waals surface area contributed by atoms with Crippen LogP contribution in [0.25, 0.3) is 0 Å². The molecule has 4 N–H and O–H groups in total. The van der Waals surface area contributed by atoms with Crippen LogP contribution in [-0.2, 0) is 18.9 Å². The van der Waals surface area contributed by atoms with Gasteiger partial charge in [0.05, 0.1) is 62.1 Å². The Labute approximate surface area is 299 Å². The van der Waals surface area contributed by atoms with E-state index in [4.69, 9.17) is 36.3 Å². The fourth-order valence-corrected chi connectivity index (χ4v) is 4.39. The van der Waals surface area contributed by atoms with E-state index < -0.39 is 40.8 Å². The summed E-state index contributed by atoms with van der Waals surface area (Å²) < 4.78 is 60.3. The molecule has 2 aliphatic rings. The van der Waals surface area contributed by atoms with Crippen molar-refractivity contribution in [2.24, 2.45) is 0 Å². The molecule has 3 aromatic rings. The van der Waals surface area contributed by atoms with Gasteiger partial charge in [0.1, 0.15) is 28.0 Å². The van der Waals surface area contributed by atoms with Crippen molar-refractivity contribution in [3.8, 4) is 0 Å². The number of hydrogen-bond acceptors (Lipinski definition) is 12. The average molecular weight is 741 g/mol. The largest absolute Gasteiger partial charge is 0.444 e. The first-order valence-corrected chi connectivity index (χ1v) is 16.3. The molecule has 0 unspecified atom stereocenters. The maximum atomic E-state index is 13.8. The lowest BCUT2D eigenvalue weighted by atomic mass is 10.2. The van der Waals surface area contributed by atoms with Gasteiger partial charge in [0.25, 0.3) is 0 Å². The molecular weight excluding hydrogens is 697 g/mol. The Kier molecular flexibility index (Phi) is 14.9. The van der Waals surface area contributed by atoms with Crippen LogP contribution in [0.15, 0.2) is 36.8 Å². The number of ether oxygens (including phenoxy) is 4. The maximum absolute atomic E-state index is 13.8. The lowest BCUT2D eigenvalue weighted by molar-refractivity contribution is 0.0624. The third kappa shape index (κ3) is 14.6. The van der Waals surface area contributed by atoms with Crippen LogP contribution in [0, 0.1) is 17.5 Å². The van der Waals surface area contributed by atoms with E-state index in [0.717, 1.165) is 31.7 Å². The second-order valence-corrected chi connectivity index (χ2v) is 13.4. The SMILES string of the molecule is CC(C)(C)OC(=O)Nc1cc(Cl)ncc1F.CC(C)(C)OC(=O)Nc1cc(N2CCOCC2)ncc1F.Nc1cc(N2CCOCC2)ncc1F. The van der Waals surface area contributed by atoms with Crippen molar-refractivity contribution in [1.29, 1.82) is 0 Å². The van der Waals surface area contributed by atoms with Crippen LogP contribution in [0.4, 0.5) is 51.5 Å². The van der Waals surface area contributed by atoms with Gasteiger partial charge in [-0.25, -0.2) is 37.7 Å². The predicted octanol–water partition coefficient (Wildman–Crippen LogP) is 6.26. The molecule has 0 spiro atoms. The number of morpholine rings is 2. The Balaban J connectivity index is 0.000000211. The van der Waals surface area contributed by atoms with Crippen LogP contribution in [0.1, 0.15) is 41.5 Å². The minimum Gasteiger partial charge on any atom is -0.444 e. The van der Waals surface area contributed by atoms with Gasteiger partial charge in [-0.2, -0.15) is 0 Å². The molecule has 51 heavy (non-hydrogen) atoms. The van der Waals surface area contributed by atoms with Crippen molar-refractivity contribution < 1.29 is 41.7 Å². The fraction of sp³-hybridized carbons (Fsp3) is 0.485. The quantitative estimate of drug-likeness (QED) is 0.257. The van der Waals surface area contributed by atoms with Gasteiger partial charge in [-0.3, -0.25) is 10.6 Å². The molecule has 0 aliphatic carbocycles. The number of halogens is 4. The highest BCUT2D eigenvalue weighted by Crippen LogP contribution is 2.22. The molecular formula is C33H44ClF3N8O6. The summed E-state index contributed by atoms with van der Waals surface area (Å²) in [5, 5.41) is 4.75. The number of anilines is 5. The summed E-state index contributed by atoms with van der Waals surface area (Å²) >= 11 is 5.56. The van der Waals surface area contributed by atoms with Crippen molar-refractivity contribution >= 4 is 52.5 Å².